The van der Waals surface area contributed by atoms with Gasteiger partial charge in [0, 0.05) is 37.0 Å². The number of para-hydroxylation sites is 1. The summed E-state index contributed by atoms with van der Waals surface area (Å²) in [5.41, 5.74) is 4.50. The Hall–Kier alpha value is -2.54. The molecule has 0 aliphatic heterocycles. The highest BCUT2D eigenvalue weighted by Gasteiger charge is 2.22. The van der Waals surface area contributed by atoms with Gasteiger partial charge < -0.3 is 20.1 Å². The largest absolute Gasteiger partial charge is 0.493 e. The van der Waals surface area contributed by atoms with E-state index in [2.05, 4.69) is 35.6 Å². The lowest BCUT2D eigenvalue weighted by Crippen LogP contribution is -2.37. The molecule has 2 aromatic rings. The van der Waals surface area contributed by atoms with Gasteiger partial charge in [0.15, 0.2) is 5.96 Å². The fraction of sp³-hybridized carbons (Fsp3) is 0.565. The second-order valence-corrected chi connectivity index (χ2v) is 7.78. The van der Waals surface area contributed by atoms with Crippen LogP contribution in [0.25, 0.3) is 0 Å². The standard InChI is InChI=1S/C23H35N5O2/c1-5-24-23(26-15-21-17(2)27-28(18(21)3)12-13-29-4)25-14-20-8-6-7-9-22(20)30-16-19-10-11-19/h6-9,19H,5,10-16H2,1-4H3,(H2,24,25,26). The highest BCUT2D eigenvalue weighted by Crippen LogP contribution is 2.30. The summed E-state index contributed by atoms with van der Waals surface area (Å²) in [6, 6.07) is 8.18. The van der Waals surface area contributed by atoms with Crippen molar-refractivity contribution in [2.45, 2.75) is 53.2 Å². The Kier molecular flexibility index (Phi) is 8.13. The minimum absolute atomic E-state index is 0.571. The molecular formula is C23H35N5O2. The minimum atomic E-state index is 0.571. The average Bonchev–Trinajstić information content (AvgIpc) is 3.54. The molecule has 1 aromatic heterocycles. The van der Waals surface area contributed by atoms with Crippen LogP contribution in [-0.4, -0.2) is 42.6 Å². The van der Waals surface area contributed by atoms with Gasteiger partial charge in [0.2, 0.25) is 0 Å². The minimum Gasteiger partial charge on any atom is -0.493 e. The number of ether oxygens (including phenoxy) is 2. The molecule has 1 saturated carbocycles. The van der Waals surface area contributed by atoms with Gasteiger partial charge in [0.05, 0.1) is 32.0 Å². The Morgan fingerprint density at radius 1 is 1.23 bits per heavy atom. The fourth-order valence-electron chi connectivity index (χ4n) is 3.33. The molecule has 0 unspecified atom stereocenters. The molecule has 1 aliphatic carbocycles. The van der Waals surface area contributed by atoms with Gasteiger partial charge in [0.25, 0.3) is 0 Å². The van der Waals surface area contributed by atoms with E-state index < -0.39 is 0 Å². The number of nitrogens with zero attached hydrogens (tertiary/aromatic N) is 3. The molecule has 0 saturated heterocycles. The van der Waals surface area contributed by atoms with Crippen molar-refractivity contribution in [3.63, 3.8) is 0 Å². The summed E-state index contributed by atoms with van der Waals surface area (Å²) < 4.78 is 13.2. The maximum atomic E-state index is 6.02. The van der Waals surface area contributed by atoms with Crippen LogP contribution >= 0.6 is 0 Å². The number of rotatable bonds is 11. The number of aliphatic imine (C=N–C) groups is 1. The molecule has 7 heteroatoms. The van der Waals surface area contributed by atoms with Crippen molar-refractivity contribution < 1.29 is 9.47 Å². The van der Waals surface area contributed by atoms with Gasteiger partial charge in [-0.2, -0.15) is 5.10 Å². The number of benzene rings is 1. The molecule has 1 fully saturated rings. The predicted molar refractivity (Wildman–Crippen MR) is 120 cm³/mol. The highest BCUT2D eigenvalue weighted by molar-refractivity contribution is 5.79. The Bertz CT molecular complexity index is 842. The van der Waals surface area contributed by atoms with Crippen molar-refractivity contribution >= 4 is 5.96 Å². The first-order valence-corrected chi connectivity index (χ1v) is 10.9. The Morgan fingerprint density at radius 3 is 2.77 bits per heavy atom. The van der Waals surface area contributed by atoms with Gasteiger partial charge >= 0.3 is 0 Å². The summed E-state index contributed by atoms with van der Waals surface area (Å²) in [4.78, 5) is 4.79. The van der Waals surface area contributed by atoms with Crippen LogP contribution in [0, 0.1) is 19.8 Å². The van der Waals surface area contributed by atoms with Gasteiger partial charge in [-0.05, 0) is 45.6 Å². The fourth-order valence-corrected chi connectivity index (χ4v) is 3.33. The zero-order valence-electron chi connectivity index (χ0n) is 18.7. The Labute approximate surface area is 179 Å². The monoisotopic (exact) mass is 413 g/mol. The second-order valence-electron chi connectivity index (χ2n) is 7.78. The van der Waals surface area contributed by atoms with Crippen molar-refractivity contribution in [1.82, 2.24) is 20.4 Å². The molecule has 1 heterocycles. The van der Waals surface area contributed by atoms with Gasteiger partial charge in [0.1, 0.15) is 5.75 Å². The first kappa shape index (κ1) is 22.2. The van der Waals surface area contributed by atoms with Gasteiger partial charge in [-0.15, -0.1) is 0 Å². The zero-order valence-corrected chi connectivity index (χ0v) is 18.7. The van der Waals surface area contributed by atoms with Crippen LogP contribution < -0.4 is 15.4 Å². The molecule has 1 aliphatic rings. The first-order chi connectivity index (χ1) is 14.6. The summed E-state index contributed by atoms with van der Waals surface area (Å²) in [7, 11) is 1.71. The number of aromatic nitrogens is 2. The molecule has 0 spiro atoms. The van der Waals surface area contributed by atoms with Crippen LogP contribution in [0.5, 0.6) is 5.75 Å². The SMILES string of the molecule is CCNC(=NCc1ccccc1OCC1CC1)NCc1c(C)nn(CCOC)c1C. The van der Waals surface area contributed by atoms with Crippen LogP contribution in [0.15, 0.2) is 29.3 Å². The molecule has 0 radical (unpaired) electrons. The average molecular weight is 414 g/mol. The summed E-state index contributed by atoms with van der Waals surface area (Å²) in [6.07, 6.45) is 2.57. The van der Waals surface area contributed by atoms with E-state index in [9.17, 15) is 0 Å². The zero-order chi connectivity index (χ0) is 21.3. The third-order valence-electron chi connectivity index (χ3n) is 5.37. The van der Waals surface area contributed by atoms with Crippen molar-refractivity contribution in [3.05, 3.63) is 46.8 Å². The van der Waals surface area contributed by atoms with E-state index in [1.165, 1.54) is 18.4 Å². The third-order valence-corrected chi connectivity index (χ3v) is 5.37. The number of guanidine groups is 1. The highest BCUT2D eigenvalue weighted by atomic mass is 16.5. The summed E-state index contributed by atoms with van der Waals surface area (Å²) >= 11 is 0. The van der Waals surface area contributed by atoms with E-state index >= 15 is 0 Å². The first-order valence-electron chi connectivity index (χ1n) is 10.9. The van der Waals surface area contributed by atoms with E-state index in [0.29, 0.717) is 19.7 Å². The van der Waals surface area contributed by atoms with Crippen LogP contribution in [0.1, 0.15) is 42.3 Å². The molecule has 0 amide bonds. The van der Waals surface area contributed by atoms with Crippen LogP contribution in [-0.2, 0) is 24.4 Å². The summed E-state index contributed by atoms with van der Waals surface area (Å²) in [5.74, 6) is 2.46. The molecule has 7 nitrogen and oxygen atoms in total. The van der Waals surface area contributed by atoms with Crippen LogP contribution in [0.4, 0.5) is 0 Å². The quantitative estimate of drug-likeness (QED) is 0.437. The number of nitrogens with one attached hydrogen (secondary N) is 2. The van der Waals surface area contributed by atoms with E-state index in [-0.39, 0.29) is 0 Å². The normalized spacial score (nSPS) is 14.1. The molecule has 1 aromatic carbocycles. The van der Waals surface area contributed by atoms with Crippen molar-refractivity contribution in [2.75, 3.05) is 26.9 Å². The second kappa shape index (κ2) is 11.0. The molecule has 0 bridgehead atoms. The lowest BCUT2D eigenvalue weighted by molar-refractivity contribution is 0.182. The van der Waals surface area contributed by atoms with E-state index in [0.717, 1.165) is 54.3 Å². The number of aryl methyl sites for hydroxylation is 1. The number of hydrogen-bond acceptors (Lipinski definition) is 4. The Morgan fingerprint density at radius 2 is 2.03 bits per heavy atom. The number of hydrogen-bond donors (Lipinski definition) is 2. The maximum absolute atomic E-state index is 6.02. The smallest absolute Gasteiger partial charge is 0.191 e. The lowest BCUT2D eigenvalue weighted by Gasteiger charge is -2.13. The van der Waals surface area contributed by atoms with Crippen molar-refractivity contribution in [1.29, 1.82) is 0 Å². The van der Waals surface area contributed by atoms with E-state index in [1.807, 2.05) is 29.8 Å². The molecule has 164 valence electrons. The van der Waals surface area contributed by atoms with Crippen LogP contribution in [0.3, 0.4) is 0 Å². The van der Waals surface area contributed by atoms with E-state index in [1.54, 1.807) is 7.11 Å². The van der Waals surface area contributed by atoms with Crippen molar-refractivity contribution in [2.24, 2.45) is 10.9 Å². The van der Waals surface area contributed by atoms with Gasteiger partial charge in [-0.25, -0.2) is 4.99 Å². The summed E-state index contributed by atoms with van der Waals surface area (Å²) in [5, 5.41) is 11.4. The molecule has 2 N–H and O–H groups in total. The van der Waals surface area contributed by atoms with Crippen LogP contribution in [0.2, 0.25) is 0 Å². The lowest BCUT2D eigenvalue weighted by atomic mass is 10.2. The predicted octanol–water partition coefficient (Wildman–Crippen LogP) is 3.19. The number of methoxy groups -OCH3 is 1. The Balaban J connectivity index is 1.63. The van der Waals surface area contributed by atoms with Gasteiger partial charge in [-0.3, -0.25) is 4.68 Å². The molecule has 30 heavy (non-hydrogen) atoms. The summed E-state index contributed by atoms with van der Waals surface area (Å²) in [6.45, 7) is 10.5. The van der Waals surface area contributed by atoms with Gasteiger partial charge in [-0.1, -0.05) is 18.2 Å². The molecule has 3 rings (SSSR count). The topological polar surface area (TPSA) is 72.7 Å². The van der Waals surface area contributed by atoms with Crippen molar-refractivity contribution in [3.8, 4) is 5.75 Å². The molecular weight excluding hydrogens is 378 g/mol. The molecule has 0 atom stereocenters. The third kappa shape index (κ3) is 6.23. The van der Waals surface area contributed by atoms with E-state index in [4.69, 9.17) is 14.5 Å². The maximum Gasteiger partial charge on any atom is 0.191 e.